The molecule has 0 spiro atoms. The Balaban J connectivity index is 2.20. The molecule has 11 heteroatoms. The van der Waals surface area contributed by atoms with Gasteiger partial charge in [0.15, 0.2) is 11.3 Å². The van der Waals surface area contributed by atoms with E-state index in [0.29, 0.717) is 47.8 Å². The molecule has 2 N–H and O–H groups in total. The standard InChI is InChI=1S/C21H29N5O5S/c1-5-8-18-22-14(3)19-21(28)23-20(24-26(18)19)16-13-15(9-10-17(16)31-6-2)32(29,30)25(4)11-7-12-27/h9-10,13,27H,5-8,11-12H2,1-4H3,(H,23,24,28). The van der Waals surface area contributed by atoms with Crippen LogP contribution in [0.5, 0.6) is 5.75 Å². The van der Waals surface area contributed by atoms with Crippen LogP contribution in [0.2, 0.25) is 0 Å². The van der Waals surface area contributed by atoms with E-state index in [9.17, 15) is 13.2 Å². The largest absolute Gasteiger partial charge is 0.493 e. The molecule has 0 amide bonds. The number of hydrogen-bond acceptors (Lipinski definition) is 7. The number of H-pyrrole nitrogens is 1. The van der Waals surface area contributed by atoms with E-state index in [0.717, 1.165) is 6.42 Å². The zero-order chi connectivity index (χ0) is 23.5. The van der Waals surface area contributed by atoms with Crippen LogP contribution < -0.4 is 10.3 Å². The average molecular weight is 464 g/mol. The van der Waals surface area contributed by atoms with Crippen LogP contribution >= 0.6 is 0 Å². The summed E-state index contributed by atoms with van der Waals surface area (Å²) in [6.45, 7) is 6.01. The molecule has 0 radical (unpaired) electrons. The number of aromatic amines is 1. The molecule has 32 heavy (non-hydrogen) atoms. The molecule has 3 rings (SSSR count). The number of ether oxygens (including phenoxy) is 1. The number of aliphatic hydroxyl groups is 1. The van der Waals surface area contributed by atoms with E-state index in [2.05, 4.69) is 15.1 Å². The summed E-state index contributed by atoms with van der Waals surface area (Å²) in [6, 6.07) is 4.46. The number of sulfonamides is 1. The van der Waals surface area contributed by atoms with Crippen LogP contribution in [0, 0.1) is 6.92 Å². The summed E-state index contributed by atoms with van der Waals surface area (Å²) >= 11 is 0. The summed E-state index contributed by atoms with van der Waals surface area (Å²) in [7, 11) is -2.35. The molecule has 0 atom stereocenters. The molecule has 0 fully saturated rings. The van der Waals surface area contributed by atoms with Gasteiger partial charge < -0.3 is 14.8 Å². The molecule has 0 aliphatic carbocycles. The third-order valence-electron chi connectivity index (χ3n) is 5.06. The molecule has 2 heterocycles. The first-order chi connectivity index (χ1) is 15.2. The monoisotopic (exact) mass is 463 g/mol. The van der Waals surface area contributed by atoms with Crippen LogP contribution in [0.1, 0.15) is 38.2 Å². The van der Waals surface area contributed by atoms with Crippen molar-refractivity contribution in [2.45, 2.75) is 44.9 Å². The fraction of sp³-hybridized carbons (Fsp3) is 0.476. The van der Waals surface area contributed by atoms with Gasteiger partial charge in [-0.25, -0.2) is 22.2 Å². The van der Waals surface area contributed by atoms with Gasteiger partial charge in [-0.05, 0) is 44.9 Å². The van der Waals surface area contributed by atoms with Gasteiger partial charge in [0.1, 0.15) is 11.6 Å². The van der Waals surface area contributed by atoms with E-state index >= 15 is 0 Å². The molecule has 2 aromatic heterocycles. The van der Waals surface area contributed by atoms with E-state index in [1.165, 1.54) is 28.0 Å². The summed E-state index contributed by atoms with van der Waals surface area (Å²) in [6.07, 6.45) is 1.80. The molecule has 0 aliphatic rings. The topological polar surface area (TPSA) is 130 Å². The number of aromatic nitrogens is 4. The average Bonchev–Trinajstić information content (AvgIpc) is 3.08. The quantitative estimate of drug-likeness (QED) is 0.468. The summed E-state index contributed by atoms with van der Waals surface area (Å²) in [5.41, 5.74) is 0.942. The van der Waals surface area contributed by atoms with Crippen LogP contribution in [0.15, 0.2) is 27.9 Å². The number of benzene rings is 1. The fourth-order valence-corrected chi connectivity index (χ4v) is 4.71. The van der Waals surface area contributed by atoms with Crippen LogP contribution in [0.3, 0.4) is 0 Å². The normalized spacial score (nSPS) is 12.1. The second kappa shape index (κ2) is 9.80. The lowest BCUT2D eigenvalue weighted by atomic mass is 10.2. The Labute approximate surface area is 186 Å². The minimum Gasteiger partial charge on any atom is -0.493 e. The summed E-state index contributed by atoms with van der Waals surface area (Å²) in [4.78, 5) is 20.1. The van der Waals surface area contributed by atoms with Gasteiger partial charge in [-0.2, -0.15) is 0 Å². The van der Waals surface area contributed by atoms with Gasteiger partial charge in [-0.3, -0.25) is 4.79 Å². The lowest BCUT2D eigenvalue weighted by Crippen LogP contribution is -2.28. The van der Waals surface area contributed by atoms with Gasteiger partial charge in [0, 0.05) is 26.6 Å². The number of fused-ring (bicyclic) bond motifs is 1. The van der Waals surface area contributed by atoms with Crippen LogP contribution in [-0.2, 0) is 16.4 Å². The van der Waals surface area contributed by atoms with Crippen molar-refractivity contribution in [1.82, 2.24) is 23.9 Å². The first-order valence-corrected chi connectivity index (χ1v) is 12.0. The zero-order valence-corrected chi connectivity index (χ0v) is 19.6. The van der Waals surface area contributed by atoms with Gasteiger partial charge in [-0.1, -0.05) is 6.92 Å². The second-order valence-electron chi connectivity index (χ2n) is 7.42. The lowest BCUT2D eigenvalue weighted by Gasteiger charge is -2.18. The highest BCUT2D eigenvalue weighted by molar-refractivity contribution is 7.89. The van der Waals surface area contributed by atoms with Crippen molar-refractivity contribution in [1.29, 1.82) is 0 Å². The minimum atomic E-state index is -3.81. The highest BCUT2D eigenvalue weighted by Gasteiger charge is 2.24. The Bertz CT molecular complexity index is 1270. The van der Waals surface area contributed by atoms with Crippen LogP contribution in [0.25, 0.3) is 16.9 Å². The number of aryl methyl sites for hydroxylation is 2. The number of imidazole rings is 1. The van der Waals surface area contributed by atoms with Crippen molar-refractivity contribution in [3.05, 3.63) is 40.1 Å². The smallest absolute Gasteiger partial charge is 0.277 e. The minimum absolute atomic E-state index is 0.0368. The van der Waals surface area contributed by atoms with Gasteiger partial charge in [-0.15, -0.1) is 5.10 Å². The molecule has 174 valence electrons. The first kappa shape index (κ1) is 23.9. The summed E-state index contributed by atoms with van der Waals surface area (Å²) in [5.74, 6) is 1.26. The molecular weight excluding hydrogens is 434 g/mol. The van der Waals surface area contributed by atoms with Crippen molar-refractivity contribution in [3.8, 4) is 17.1 Å². The van der Waals surface area contributed by atoms with Gasteiger partial charge in [0.25, 0.3) is 5.56 Å². The maximum atomic E-state index is 13.0. The Morgan fingerprint density at radius 1 is 1.28 bits per heavy atom. The van der Waals surface area contributed by atoms with Gasteiger partial charge in [0.2, 0.25) is 10.0 Å². The van der Waals surface area contributed by atoms with Crippen molar-refractivity contribution in [2.75, 3.05) is 26.8 Å². The molecule has 0 unspecified atom stereocenters. The predicted octanol–water partition coefficient (Wildman–Crippen LogP) is 1.75. The molecule has 10 nitrogen and oxygen atoms in total. The lowest BCUT2D eigenvalue weighted by molar-refractivity contribution is 0.275. The molecular formula is C21H29N5O5S. The molecule has 0 bridgehead atoms. The zero-order valence-electron chi connectivity index (χ0n) is 18.8. The maximum Gasteiger partial charge on any atom is 0.277 e. The number of aliphatic hydroxyl groups excluding tert-OH is 1. The van der Waals surface area contributed by atoms with Crippen LogP contribution in [-0.4, -0.2) is 64.2 Å². The summed E-state index contributed by atoms with van der Waals surface area (Å²) in [5, 5.41) is 13.6. The molecule has 0 aliphatic heterocycles. The Hall–Kier alpha value is -2.76. The number of nitrogens with one attached hydrogen (secondary N) is 1. The summed E-state index contributed by atoms with van der Waals surface area (Å²) < 4.78 is 34.4. The van der Waals surface area contributed by atoms with Crippen molar-refractivity contribution in [2.24, 2.45) is 0 Å². The second-order valence-corrected chi connectivity index (χ2v) is 9.47. The van der Waals surface area contributed by atoms with E-state index in [-0.39, 0.29) is 29.4 Å². The van der Waals surface area contributed by atoms with Gasteiger partial charge in [0.05, 0.1) is 22.8 Å². The number of hydrogen-bond donors (Lipinski definition) is 2. The van der Waals surface area contributed by atoms with E-state index in [4.69, 9.17) is 9.84 Å². The van der Waals surface area contributed by atoms with Crippen molar-refractivity contribution >= 4 is 15.5 Å². The first-order valence-electron chi connectivity index (χ1n) is 10.6. The third-order valence-corrected chi connectivity index (χ3v) is 6.91. The fourth-order valence-electron chi connectivity index (χ4n) is 3.47. The number of nitrogens with zero attached hydrogens (tertiary/aromatic N) is 4. The Morgan fingerprint density at radius 2 is 2.03 bits per heavy atom. The highest BCUT2D eigenvalue weighted by Crippen LogP contribution is 2.31. The van der Waals surface area contributed by atoms with E-state index in [1.807, 2.05) is 13.8 Å². The van der Waals surface area contributed by atoms with Crippen molar-refractivity contribution < 1.29 is 18.3 Å². The Kier molecular flexibility index (Phi) is 7.32. The maximum absolute atomic E-state index is 13.0. The molecule has 3 aromatic rings. The van der Waals surface area contributed by atoms with Crippen molar-refractivity contribution in [3.63, 3.8) is 0 Å². The number of rotatable bonds is 10. The molecule has 0 saturated carbocycles. The third kappa shape index (κ3) is 4.54. The Morgan fingerprint density at radius 3 is 2.69 bits per heavy atom. The predicted molar refractivity (Wildman–Crippen MR) is 120 cm³/mol. The molecule has 0 saturated heterocycles. The van der Waals surface area contributed by atoms with E-state index < -0.39 is 10.0 Å². The SMILES string of the molecule is CCCc1nc(C)c2c(=O)[nH]c(-c3cc(S(=O)(=O)N(C)CCCO)ccc3OCC)nn12. The molecule has 1 aromatic carbocycles. The van der Waals surface area contributed by atoms with Gasteiger partial charge >= 0.3 is 0 Å². The van der Waals surface area contributed by atoms with E-state index in [1.54, 1.807) is 13.0 Å². The highest BCUT2D eigenvalue weighted by atomic mass is 32.2. The van der Waals surface area contributed by atoms with Crippen LogP contribution in [0.4, 0.5) is 0 Å².